The lowest BCUT2D eigenvalue weighted by Gasteiger charge is -2.29. The van der Waals surface area contributed by atoms with Crippen molar-refractivity contribution < 1.29 is 14.3 Å². The first-order chi connectivity index (χ1) is 12.8. The van der Waals surface area contributed by atoms with Crippen LogP contribution in [0.25, 0.3) is 0 Å². The van der Waals surface area contributed by atoms with Crippen molar-refractivity contribution in [2.45, 2.75) is 25.4 Å². The fourth-order valence-electron chi connectivity index (χ4n) is 3.62. The normalized spacial score (nSPS) is 19.7. The Labute approximate surface area is 152 Å². The molecule has 1 amide bonds. The van der Waals surface area contributed by atoms with Crippen LogP contribution >= 0.6 is 0 Å². The lowest BCUT2D eigenvalue weighted by molar-refractivity contribution is 0.0291. The fourth-order valence-corrected chi connectivity index (χ4v) is 3.62. The van der Waals surface area contributed by atoms with Crippen molar-refractivity contribution in [1.29, 1.82) is 0 Å². The van der Waals surface area contributed by atoms with Crippen LogP contribution in [0.4, 0.5) is 5.69 Å². The van der Waals surface area contributed by atoms with E-state index in [1.165, 1.54) is 0 Å². The molecular formula is C19H24N4O3. The van der Waals surface area contributed by atoms with Crippen molar-refractivity contribution in [1.82, 2.24) is 14.5 Å². The van der Waals surface area contributed by atoms with Crippen molar-refractivity contribution in [3.8, 4) is 5.75 Å². The van der Waals surface area contributed by atoms with E-state index in [0.29, 0.717) is 32.1 Å². The minimum atomic E-state index is 0.00430. The van der Waals surface area contributed by atoms with Crippen molar-refractivity contribution >= 4 is 11.6 Å². The highest BCUT2D eigenvalue weighted by Crippen LogP contribution is 2.30. The zero-order valence-corrected chi connectivity index (χ0v) is 15.0. The van der Waals surface area contributed by atoms with Gasteiger partial charge in [-0.3, -0.25) is 4.79 Å². The highest BCUT2D eigenvalue weighted by atomic mass is 16.5. The van der Waals surface area contributed by atoms with Gasteiger partial charge in [-0.25, -0.2) is 4.98 Å². The van der Waals surface area contributed by atoms with Gasteiger partial charge in [-0.1, -0.05) is 0 Å². The number of nitrogens with zero attached hydrogens (tertiary/aromatic N) is 3. The number of hydrogen-bond acceptors (Lipinski definition) is 5. The van der Waals surface area contributed by atoms with Crippen LogP contribution in [0.15, 0.2) is 30.5 Å². The Morgan fingerprint density at radius 1 is 1.23 bits per heavy atom. The Balaban J connectivity index is 1.53. The summed E-state index contributed by atoms with van der Waals surface area (Å²) in [5, 5.41) is 3.56. The molecule has 26 heavy (non-hydrogen) atoms. The highest BCUT2D eigenvalue weighted by Gasteiger charge is 2.29. The molecule has 0 spiro atoms. The van der Waals surface area contributed by atoms with Gasteiger partial charge in [0.1, 0.15) is 5.75 Å². The van der Waals surface area contributed by atoms with Gasteiger partial charge in [0.15, 0.2) is 5.82 Å². The summed E-state index contributed by atoms with van der Waals surface area (Å²) in [5.74, 6) is 1.38. The van der Waals surface area contributed by atoms with Gasteiger partial charge in [0.2, 0.25) is 0 Å². The molecule has 1 saturated heterocycles. The molecule has 0 saturated carbocycles. The van der Waals surface area contributed by atoms with Crippen LogP contribution in [0.5, 0.6) is 5.75 Å². The Morgan fingerprint density at radius 3 is 2.73 bits per heavy atom. The lowest BCUT2D eigenvalue weighted by Crippen LogP contribution is -2.42. The van der Waals surface area contributed by atoms with Crippen molar-refractivity contribution in [3.05, 3.63) is 42.0 Å². The van der Waals surface area contributed by atoms with E-state index in [0.717, 1.165) is 36.5 Å². The topological polar surface area (TPSA) is 68.6 Å². The number of rotatable bonds is 4. The van der Waals surface area contributed by atoms with E-state index >= 15 is 0 Å². The fraction of sp³-hybridized carbons (Fsp3) is 0.474. The molecule has 0 radical (unpaired) electrons. The maximum Gasteiger partial charge on any atom is 0.290 e. The standard InChI is InChI=1S/C19H24N4O3/c1-25-15-6-4-14(5-7-15)21-16-3-2-8-23-17(16)13-20-18(23)19(24)22-9-11-26-12-10-22/h4-7,13,16,21H,2-3,8-12H2,1H3/t16-/m1/s1. The lowest BCUT2D eigenvalue weighted by atomic mass is 10.0. The first-order valence-electron chi connectivity index (χ1n) is 9.09. The zero-order chi connectivity index (χ0) is 17.9. The molecule has 0 bridgehead atoms. The smallest absolute Gasteiger partial charge is 0.290 e. The van der Waals surface area contributed by atoms with Gasteiger partial charge in [-0.2, -0.15) is 0 Å². The maximum atomic E-state index is 12.8. The number of carbonyl (C=O) groups is 1. The molecule has 7 heteroatoms. The monoisotopic (exact) mass is 356 g/mol. The molecule has 0 unspecified atom stereocenters. The number of hydrogen-bond donors (Lipinski definition) is 1. The third-order valence-corrected chi connectivity index (χ3v) is 5.04. The van der Waals surface area contributed by atoms with Crippen LogP contribution in [-0.4, -0.2) is 53.8 Å². The number of ether oxygens (including phenoxy) is 2. The summed E-state index contributed by atoms with van der Waals surface area (Å²) in [6.45, 7) is 3.30. The summed E-state index contributed by atoms with van der Waals surface area (Å²) in [6.07, 6.45) is 3.87. The number of amides is 1. The summed E-state index contributed by atoms with van der Waals surface area (Å²) < 4.78 is 12.6. The SMILES string of the molecule is COc1ccc(N[C@@H]2CCCn3c2cnc3C(=O)N2CCOCC2)cc1. The Kier molecular flexibility index (Phi) is 4.79. The van der Waals surface area contributed by atoms with E-state index in [9.17, 15) is 4.79 Å². The molecule has 2 aromatic rings. The number of morpholine rings is 1. The number of carbonyl (C=O) groups excluding carboxylic acids is 1. The second-order valence-corrected chi connectivity index (χ2v) is 6.63. The number of methoxy groups -OCH3 is 1. The van der Waals surface area contributed by atoms with Gasteiger partial charge in [0.05, 0.1) is 38.3 Å². The van der Waals surface area contributed by atoms with Gasteiger partial charge < -0.3 is 24.3 Å². The van der Waals surface area contributed by atoms with E-state index in [1.54, 1.807) is 7.11 Å². The van der Waals surface area contributed by atoms with Crippen LogP contribution in [-0.2, 0) is 11.3 Å². The number of aromatic nitrogens is 2. The van der Waals surface area contributed by atoms with Crippen molar-refractivity contribution in [2.75, 3.05) is 38.7 Å². The number of benzene rings is 1. The van der Waals surface area contributed by atoms with E-state index in [4.69, 9.17) is 9.47 Å². The molecule has 1 atom stereocenters. The molecule has 138 valence electrons. The van der Waals surface area contributed by atoms with Gasteiger partial charge in [0, 0.05) is 25.3 Å². The molecule has 1 N–H and O–H groups in total. The number of imidazole rings is 1. The average molecular weight is 356 g/mol. The Bertz CT molecular complexity index is 766. The molecule has 2 aliphatic heterocycles. The predicted molar refractivity (Wildman–Crippen MR) is 97.5 cm³/mol. The van der Waals surface area contributed by atoms with Crippen LogP contribution < -0.4 is 10.1 Å². The summed E-state index contributed by atoms with van der Waals surface area (Å²) in [7, 11) is 1.66. The summed E-state index contributed by atoms with van der Waals surface area (Å²) >= 11 is 0. The highest BCUT2D eigenvalue weighted by molar-refractivity contribution is 5.91. The van der Waals surface area contributed by atoms with Gasteiger partial charge in [0.25, 0.3) is 5.91 Å². The summed E-state index contributed by atoms with van der Waals surface area (Å²) in [5.41, 5.74) is 2.11. The molecule has 1 aromatic heterocycles. The first kappa shape index (κ1) is 16.9. The van der Waals surface area contributed by atoms with E-state index in [2.05, 4.69) is 14.9 Å². The Hall–Kier alpha value is -2.54. The maximum absolute atomic E-state index is 12.8. The van der Waals surface area contributed by atoms with Gasteiger partial charge >= 0.3 is 0 Å². The van der Waals surface area contributed by atoms with Gasteiger partial charge in [-0.15, -0.1) is 0 Å². The summed E-state index contributed by atoms with van der Waals surface area (Å²) in [6, 6.07) is 8.05. The van der Waals surface area contributed by atoms with Crippen LogP contribution in [0.3, 0.4) is 0 Å². The minimum absolute atomic E-state index is 0.00430. The Morgan fingerprint density at radius 2 is 2.00 bits per heavy atom. The summed E-state index contributed by atoms with van der Waals surface area (Å²) in [4.78, 5) is 19.1. The third-order valence-electron chi connectivity index (χ3n) is 5.04. The second-order valence-electron chi connectivity index (χ2n) is 6.63. The third kappa shape index (κ3) is 3.26. The molecular weight excluding hydrogens is 332 g/mol. The minimum Gasteiger partial charge on any atom is -0.497 e. The number of fused-ring (bicyclic) bond motifs is 1. The quantitative estimate of drug-likeness (QED) is 0.910. The van der Waals surface area contributed by atoms with E-state index in [1.807, 2.05) is 35.4 Å². The van der Waals surface area contributed by atoms with Crippen LogP contribution in [0, 0.1) is 0 Å². The molecule has 1 aromatic carbocycles. The zero-order valence-electron chi connectivity index (χ0n) is 15.0. The van der Waals surface area contributed by atoms with Crippen LogP contribution in [0.1, 0.15) is 35.2 Å². The second kappa shape index (κ2) is 7.37. The molecule has 0 aliphatic carbocycles. The van der Waals surface area contributed by atoms with Crippen molar-refractivity contribution in [3.63, 3.8) is 0 Å². The largest absolute Gasteiger partial charge is 0.497 e. The molecule has 4 rings (SSSR count). The molecule has 2 aliphatic rings. The average Bonchev–Trinajstić information content (AvgIpc) is 3.14. The first-order valence-corrected chi connectivity index (χ1v) is 9.09. The van der Waals surface area contributed by atoms with Crippen LogP contribution in [0.2, 0.25) is 0 Å². The van der Waals surface area contributed by atoms with E-state index < -0.39 is 0 Å². The molecule has 7 nitrogen and oxygen atoms in total. The predicted octanol–water partition coefficient (Wildman–Crippen LogP) is 2.31. The van der Waals surface area contributed by atoms with Gasteiger partial charge in [-0.05, 0) is 37.1 Å². The molecule has 3 heterocycles. The van der Waals surface area contributed by atoms with E-state index in [-0.39, 0.29) is 11.9 Å². The number of nitrogens with one attached hydrogen (secondary N) is 1. The van der Waals surface area contributed by atoms with Crippen molar-refractivity contribution in [2.24, 2.45) is 0 Å². The molecule has 1 fully saturated rings. The number of anilines is 1.